The fourth-order valence-electron chi connectivity index (χ4n) is 2.67. The Morgan fingerprint density at radius 2 is 2.03 bits per heavy atom. The topological polar surface area (TPSA) is 141 Å². The van der Waals surface area contributed by atoms with Gasteiger partial charge in [0.2, 0.25) is 6.79 Å². The molecular formula is C19H15N3O6S. The van der Waals surface area contributed by atoms with Gasteiger partial charge in [0.25, 0.3) is 11.8 Å². The van der Waals surface area contributed by atoms with Gasteiger partial charge in [-0.2, -0.15) is 5.26 Å². The number of nitriles is 1. The monoisotopic (exact) mass is 413 g/mol. The summed E-state index contributed by atoms with van der Waals surface area (Å²) in [6.45, 7) is 1.62. The molecule has 3 rings (SSSR count). The Hall–Kier alpha value is -3.84. The molecule has 1 aromatic carbocycles. The van der Waals surface area contributed by atoms with Crippen molar-refractivity contribution in [1.29, 1.82) is 5.26 Å². The second-order valence-corrected chi connectivity index (χ2v) is 6.87. The Morgan fingerprint density at radius 3 is 2.69 bits per heavy atom. The van der Waals surface area contributed by atoms with Crippen LogP contribution in [0.3, 0.4) is 0 Å². The third-order valence-corrected chi connectivity index (χ3v) is 5.28. The van der Waals surface area contributed by atoms with E-state index in [-0.39, 0.29) is 27.8 Å². The Kier molecular flexibility index (Phi) is 5.52. The molecule has 0 fully saturated rings. The Morgan fingerprint density at radius 1 is 1.31 bits per heavy atom. The van der Waals surface area contributed by atoms with Crippen LogP contribution in [0.4, 0.5) is 5.00 Å². The van der Waals surface area contributed by atoms with E-state index in [9.17, 15) is 19.6 Å². The van der Waals surface area contributed by atoms with E-state index >= 15 is 0 Å². The van der Waals surface area contributed by atoms with Crippen molar-refractivity contribution in [2.24, 2.45) is 5.73 Å². The van der Waals surface area contributed by atoms with Gasteiger partial charge in [-0.3, -0.25) is 9.59 Å². The van der Waals surface area contributed by atoms with Gasteiger partial charge in [-0.15, -0.1) is 11.3 Å². The highest BCUT2D eigenvalue weighted by Gasteiger charge is 2.26. The number of carbonyl (C=O) groups excluding carboxylic acids is 3. The number of esters is 1. The summed E-state index contributed by atoms with van der Waals surface area (Å²) >= 11 is 0.836. The molecule has 2 aromatic rings. The maximum atomic E-state index is 12.6. The SMILES string of the molecule is COC(=O)c1c(NC(=O)C(C#N)=Cc2ccc3c(c2)OCO3)sc(C(N)=O)c1C. The minimum absolute atomic E-state index is 0.0139. The summed E-state index contributed by atoms with van der Waals surface area (Å²) in [7, 11) is 1.18. The summed E-state index contributed by atoms with van der Waals surface area (Å²) in [5, 5.41) is 12.0. The Labute approximate surface area is 169 Å². The summed E-state index contributed by atoms with van der Waals surface area (Å²) in [5.74, 6) is -1.16. The number of hydrogen-bond donors (Lipinski definition) is 2. The molecule has 1 aliphatic rings. The first-order valence-corrected chi connectivity index (χ1v) is 9.01. The van der Waals surface area contributed by atoms with E-state index in [0.717, 1.165) is 11.3 Å². The van der Waals surface area contributed by atoms with Gasteiger partial charge >= 0.3 is 5.97 Å². The maximum absolute atomic E-state index is 12.6. The van der Waals surface area contributed by atoms with Gasteiger partial charge in [-0.25, -0.2) is 4.79 Å². The van der Waals surface area contributed by atoms with E-state index in [2.05, 4.69) is 5.32 Å². The van der Waals surface area contributed by atoms with Crippen molar-refractivity contribution in [1.82, 2.24) is 0 Å². The number of methoxy groups -OCH3 is 1. The number of ether oxygens (including phenoxy) is 3. The van der Waals surface area contributed by atoms with E-state index in [4.69, 9.17) is 19.9 Å². The van der Waals surface area contributed by atoms with Crippen LogP contribution in [0.25, 0.3) is 6.08 Å². The van der Waals surface area contributed by atoms with Crippen molar-refractivity contribution in [3.05, 3.63) is 45.3 Å². The number of rotatable bonds is 5. The molecule has 0 spiro atoms. The highest BCUT2D eigenvalue weighted by Crippen LogP contribution is 2.35. The molecule has 29 heavy (non-hydrogen) atoms. The van der Waals surface area contributed by atoms with E-state index in [1.165, 1.54) is 20.1 Å². The number of benzene rings is 1. The molecule has 0 radical (unpaired) electrons. The van der Waals surface area contributed by atoms with E-state index in [1.807, 2.05) is 6.07 Å². The van der Waals surface area contributed by atoms with Crippen LogP contribution < -0.4 is 20.5 Å². The lowest BCUT2D eigenvalue weighted by Crippen LogP contribution is -2.15. The number of nitrogens with one attached hydrogen (secondary N) is 1. The van der Waals surface area contributed by atoms with Crippen molar-refractivity contribution >= 4 is 40.2 Å². The van der Waals surface area contributed by atoms with Gasteiger partial charge in [-0.05, 0) is 36.3 Å². The molecule has 1 aromatic heterocycles. The van der Waals surface area contributed by atoms with Crippen LogP contribution in [0.1, 0.15) is 31.2 Å². The van der Waals surface area contributed by atoms with Gasteiger partial charge in [0, 0.05) is 0 Å². The molecule has 0 saturated heterocycles. The number of anilines is 1. The number of fused-ring (bicyclic) bond motifs is 1. The van der Waals surface area contributed by atoms with Crippen LogP contribution in [0.2, 0.25) is 0 Å². The highest BCUT2D eigenvalue weighted by molar-refractivity contribution is 7.18. The van der Waals surface area contributed by atoms with Crippen molar-refractivity contribution < 1.29 is 28.6 Å². The molecule has 0 unspecified atom stereocenters. The van der Waals surface area contributed by atoms with Gasteiger partial charge < -0.3 is 25.3 Å². The molecule has 3 N–H and O–H groups in total. The summed E-state index contributed by atoms with van der Waals surface area (Å²) in [6, 6.07) is 6.78. The summed E-state index contributed by atoms with van der Waals surface area (Å²) in [4.78, 5) is 36.4. The number of nitrogens with two attached hydrogens (primary N) is 1. The third-order valence-electron chi connectivity index (χ3n) is 4.06. The average molecular weight is 413 g/mol. The number of primary amides is 1. The molecule has 2 heterocycles. The van der Waals surface area contributed by atoms with E-state index in [1.54, 1.807) is 18.2 Å². The lowest BCUT2D eigenvalue weighted by atomic mass is 10.1. The number of amides is 2. The van der Waals surface area contributed by atoms with Gasteiger partial charge in [0.1, 0.15) is 16.6 Å². The molecule has 0 saturated carbocycles. The second-order valence-electron chi connectivity index (χ2n) is 5.85. The lowest BCUT2D eigenvalue weighted by Gasteiger charge is -2.06. The molecule has 0 atom stereocenters. The number of nitrogens with zero attached hydrogens (tertiary/aromatic N) is 1. The van der Waals surface area contributed by atoms with Crippen LogP contribution in [0.15, 0.2) is 23.8 Å². The molecule has 10 heteroatoms. The lowest BCUT2D eigenvalue weighted by molar-refractivity contribution is -0.112. The Bertz CT molecular complexity index is 1100. The summed E-state index contributed by atoms with van der Waals surface area (Å²) in [6.07, 6.45) is 1.37. The van der Waals surface area contributed by atoms with E-state index in [0.29, 0.717) is 22.6 Å². The fourth-order valence-corrected chi connectivity index (χ4v) is 3.72. The van der Waals surface area contributed by atoms with Crippen molar-refractivity contribution in [3.8, 4) is 17.6 Å². The molecule has 0 bridgehead atoms. The minimum Gasteiger partial charge on any atom is -0.465 e. The third kappa shape index (κ3) is 3.90. The first kappa shape index (κ1) is 19.9. The summed E-state index contributed by atoms with van der Waals surface area (Å²) in [5.41, 5.74) is 5.97. The van der Waals surface area contributed by atoms with Crippen LogP contribution in [0, 0.1) is 18.3 Å². The molecule has 2 amide bonds. The van der Waals surface area contributed by atoms with Crippen LogP contribution in [0.5, 0.6) is 11.5 Å². The summed E-state index contributed by atoms with van der Waals surface area (Å²) < 4.78 is 15.2. The molecule has 9 nitrogen and oxygen atoms in total. The van der Waals surface area contributed by atoms with Crippen LogP contribution in [-0.4, -0.2) is 31.7 Å². The first-order chi connectivity index (χ1) is 13.8. The average Bonchev–Trinajstić information content (AvgIpc) is 3.29. The van der Waals surface area contributed by atoms with Crippen LogP contribution in [-0.2, 0) is 9.53 Å². The van der Waals surface area contributed by atoms with Crippen molar-refractivity contribution in [3.63, 3.8) is 0 Å². The normalized spacial score (nSPS) is 12.2. The fraction of sp³-hybridized carbons (Fsp3) is 0.158. The van der Waals surface area contributed by atoms with Gasteiger partial charge in [0.15, 0.2) is 11.5 Å². The predicted octanol–water partition coefficient (Wildman–Crippen LogP) is 2.22. The quantitative estimate of drug-likeness (QED) is 0.435. The zero-order chi connectivity index (χ0) is 21.1. The second kappa shape index (κ2) is 8.04. The van der Waals surface area contributed by atoms with Gasteiger partial charge in [-0.1, -0.05) is 6.07 Å². The minimum atomic E-state index is -0.757. The van der Waals surface area contributed by atoms with E-state index < -0.39 is 17.8 Å². The zero-order valence-electron chi connectivity index (χ0n) is 15.4. The molecule has 148 valence electrons. The molecular weight excluding hydrogens is 398 g/mol. The smallest absolute Gasteiger partial charge is 0.341 e. The van der Waals surface area contributed by atoms with Gasteiger partial charge in [0.05, 0.1) is 17.6 Å². The highest BCUT2D eigenvalue weighted by atomic mass is 32.1. The first-order valence-electron chi connectivity index (χ1n) is 8.20. The van der Waals surface area contributed by atoms with Crippen molar-refractivity contribution in [2.45, 2.75) is 6.92 Å². The Balaban J connectivity index is 1.92. The number of carbonyl (C=O) groups is 3. The van der Waals surface area contributed by atoms with Crippen LogP contribution >= 0.6 is 11.3 Å². The maximum Gasteiger partial charge on any atom is 0.341 e. The zero-order valence-corrected chi connectivity index (χ0v) is 16.2. The molecule has 1 aliphatic heterocycles. The number of hydrogen-bond acceptors (Lipinski definition) is 8. The predicted molar refractivity (Wildman–Crippen MR) is 104 cm³/mol. The van der Waals surface area contributed by atoms with Crippen molar-refractivity contribution in [2.75, 3.05) is 19.2 Å². The number of thiophene rings is 1. The largest absolute Gasteiger partial charge is 0.465 e. The molecule has 0 aliphatic carbocycles. The standard InChI is InChI=1S/C19H15N3O6S/c1-9-14(19(25)26-2)18(29-15(9)16(21)23)22-17(24)11(7-20)5-10-3-4-12-13(6-10)28-8-27-12/h3-6H,8H2,1-2H3,(H2,21,23)(H,22,24).